The largest absolute Gasteiger partial charge is 0.397 e. The molecule has 1 amide bonds. The first-order valence-corrected chi connectivity index (χ1v) is 5.40. The molecule has 0 saturated carbocycles. The van der Waals surface area contributed by atoms with Crippen molar-refractivity contribution in [3.63, 3.8) is 0 Å². The SMILES string of the molecule is Cc1cc(N)c(C(=O)N2CCOCC2)n1C. The first-order chi connectivity index (χ1) is 7.61. The number of carbonyl (C=O) groups is 1. The average Bonchev–Trinajstić information content (AvgIpc) is 2.54. The van der Waals surface area contributed by atoms with Crippen LogP contribution in [0.5, 0.6) is 0 Å². The number of morpholine rings is 1. The Morgan fingerprint density at radius 1 is 1.44 bits per heavy atom. The van der Waals surface area contributed by atoms with Crippen LogP contribution in [0.15, 0.2) is 6.07 Å². The van der Waals surface area contributed by atoms with Gasteiger partial charge in [0.05, 0.1) is 18.9 Å². The van der Waals surface area contributed by atoms with E-state index in [4.69, 9.17) is 10.5 Å². The van der Waals surface area contributed by atoms with E-state index in [2.05, 4.69) is 0 Å². The first kappa shape index (κ1) is 11.0. The fourth-order valence-corrected chi connectivity index (χ4v) is 1.94. The van der Waals surface area contributed by atoms with Crippen molar-refractivity contribution >= 4 is 11.6 Å². The van der Waals surface area contributed by atoms with Crippen molar-refractivity contribution in [2.45, 2.75) is 6.92 Å². The monoisotopic (exact) mass is 223 g/mol. The molecule has 88 valence electrons. The van der Waals surface area contributed by atoms with E-state index in [0.29, 0.717) is 37.7 Å². The van der Waals surface area contributed by atoms with E-state index in [1.54, 1.807) is 4.90 Å². The standard InChI is InChI=1S/C11H17N3O2/c1-8-7-9(12)10(13(8)2)11(15)14-3-5-16-6-4-14/h7H,3-6,12H2,1-2H3. The van der Waals surface area contributed by atoms with Crippen LogP contribution in [0.2, 0.25) is 0 Å². The minimum Gasteiger partial charge on any atom is -0.397 e. The van der Waals surface area contributed by atoms with Crippen LogP contribution in [0, 0.1) is 6.92 Å². The highest BCUT2D eigenvalue weighted by Gasteiger charge is 2.23. The van der Waals surface area contributed by atoms with Crippen molar-refractivity contribution in [1.82, 2.24) is 9.47 Å². The van der Waals surface area contributed by atoms with E-state index < -0.39 is 0 Å². The number of anilines is 1. The molecule has 1 fully saturated rings. The van der Waals surface area contributed by atoms with E-state index in [1.807, 2.05) is 24.6 Å². The molecule has 1 aromatic rings. The summed E-state index contributed by atoms with van der Waals surface area (Å²) < 4.78 is 7.06. The molecular formula is C11H17N3O2. The Labute approximate surface area is 94.8 Å². The summed E-state index contributed by atoms with van der Waals surface area (Å²) in [6.45, 7) is 4.43. The number of aryl methyl sites for hydroxylation is 1. The number of hydrogen-bond acceptors (Lipinski definition) is 3. The Hall–Kier alpha value is -1.49. The van der Waals surface area contributed by atoms with Crippen molar-refractivity contribution < 1.29 is 9.53 Å². The summed E-state index contributed by atoms with van der Waals surface area (Å²) in [6, 6.07) is 1.83. The topological polar surface area (TPSA) is 60.5 Å². The molecule has 2 heterocycles. The quantitative estimate of drug-likeness (QED) is 0.749. The summed E-state index contributed by atoms with van der Waals surface area (Å²) in [5.74, 6) is -0.00333. The second-order valence-electron chi connectivity index (χ2n) is 4.05. The molecule has 0 bridgehead atoms. The summed E-state index contributed by atoms with van der Waals surface area (Å²) in [7, 11) is 1.86. The third-order valence-corrected chi connectivity index (χ3v) is 3.00. The minimum absolute atomic E-state index is 0.00333. The van der Waals surface area contributed by atoms with Gasteiger partial charge in [0.2, 0.25) is 0 Å². The van der Waals surface area contributed by atoms with Crippen molar-refractivity contribution in [2.75, 3.05) is 32.0 Å². The summed E-state index contributed by atoms with van der Waals surface area (Å²) in [4.78, 5) is 14.0. The number of carbonyl (C=O) groups excluding carboxylic acids is 1. The predicted octanol–water partition coefficient (Wildman–Crippen LogP) is 0.388. The minimum atomic E-state index is -0.00333. The molecule has 0 unspecified atom stereocenters. The fraction of sp³-hybridized carbons (Fsp3) is 0.545. The van der Waals surface area contributed by atoms with Crippen molar-refractivity contribution in [3.8, 4) is 0 Å². The van der Waals surface area contributed by atoms with Gasteiger partial charge < -0.3 is 19.9 Å². The maximum Gasteiger partial charge on any atom is 0.272 e. The van der Waals surface area contributed by atoms with Gasteiger partial charge in [-0.15, -0.1) is 0 Å². The Morgan fingerprint density at radius 2 is 2.06 bits per heavy atom. The lowest BCUT2D eigenvalue weighted by Gasteiger charge is -2.27. The van der Waals surface area contributed by atoms with Gasteiger partial charge in [0, 0.05) is 25.8 Å². The van der Waals surface area contributed by atoms with Gasteiger partial charge in [-0.2, -0.15) is 0 Å². The number of nitrogens with zero attached hydrogens (tertiary/aromatic N) is 2. The second kappa shape index (κ2) is 4.17. The number of hydrogen-bond donors (Lipinski definition) is 1. The molecular weight excluding hydrogens is 206 g/mol. The van der Waals surface area contributed by atoms with E-state index in [9.17, 15) is 4.79 Å². The fourth-order valence-electron chi connectivity index (χ4n) is 1.94. The van der Waals surface area contributed by atoms with Crippen LogP contribution < -0.4 is 5.73 Å². The molecule has 0 aliphatic carbocycles. The molecule has 0 spiro atoms. The zero-order valence-corrected chi connectivity index (χ0v) is 9.69. The zero-order chi connectivity index (χ0) is 11.7. The summed E-state index contributed by atoms with van der Waals surface area (Å²) in [6.07, 6.45) is 0. The lowest BCUT2D eigenvalue weighted by atomic mass is 10.3. The van der Waals surface area contributed by atoms with Gasteiger partial charge in [-0.1, -0.05) is 0 Å². The number of rotatable bonds is 1. The molecule has 1 aromatic heterocycles. The predicted molar refractivity (Wildman–Crippen MR) is 61.3 cm³/mol. The second-order valence-corrected chi connectivity index (χ2v) is 4.05. The van der Waals surface area contributed by atoms with Crippen molar-refractivity contribution in [1.29, 1.82) is 0 Å². The summed E-state index contributed by atoms with van der Waals surface area (Å²) >= 11 is 0. The molecule has 16 heavy (non-hydrogen) atoms. The Kier molecular flexibility index (Phi) is 2.87. The van der Waals surface area contributed by atoms with E-state index >= 15 is 0 Å². The number of nitrogens with two attached hydrogens (primary N) is 1. The third kappa shape index (κ3) is 1.78. The van der Waals surface area contributed by atoms with E-state index in [1.165, 1.54) is 0 Å². The Balaban J connectivity index is 2.25. The Bertz CT molecular complexity index is 406. The lowest BCUT2D eigenvalue weighted by Crippen LogP contribution is -2.41. The maximum absolute atomic E-state index is 12.2. The van der Waals surface area contributed by atoms with Gasteiger partial charge in [0.25, 0.3) is 5.91 Å². The van der Waals surface area contributed by atoms with Crippen molar-refractivity contribution in [3.05, 3.63) is 17.5 Å². The summed E-state index contributed by atoms with van der Waals surface area (Å²) in [5.41, 5.74) is 7.98. The van der Waals surface area contributed by atoms with Gasteiger partial charge in [-0.05, 0) is 13.0 Å². The molecule has 2 rings (SSSR count). The number of ether oxygens (including phenoxy) is 1. The molecule has 5 heteroatoms. The van der Waals surface area contributed by atoms with Gasteiger partial charge >= 0.3 is 0 Å². The number of amides is 1. The third-order valence-electron chi connectivity index (χ3n) is 3.00. The van der Waals surface area contributed by atoms with E-state index in [-0.39, 0.29) is 5.91 Å². The van der Waals surface area contributed by atoms with Gasteiger partial charge in [0.1, 0.15) is 5.69 Å². The molecule has 1 saturated heterocycles. The molecule has 0 aromatic carbocycles. The lowest BCUT2D eigenvalue weighted by molar-refractivity contribution is 0.0297. The molecule has 1 aliphatic rings. The van der Waals surface area contributed by atoms with Gasteiger partial charge in [-0.3, -0.25) is 4.79 Å². The van der Waals surface area contributed by atoms with Crippen LogP contribution in [0.25, 0.3) is 0 Å². The van der Waals surface area contributed by atoms with Crippen LogP contribution in [-0.4, -0.2) is 41.7 Å². The van der Waals surface area contributed by atoms with E-state index in [0.717, 1.165) is 5.69 Å². The highest BCUT2D eigenvalue weighted by Crippen LogP contribution is 2.18. The van der Waals surface area contributed by atoms with Crippen LogP contribution in [0.1, 0.15) is 16.2 Å². The smallest absolute Gasteiger partial charge is 0.272 e. The van der Waals surface area contributed by atoms with Gasteiger partial charge in [-0.25, -0.2) is 0 Å². The zero-order valence-electron chi connectivity index (χ0n) is 9.69. The van der Waals surface area contributed by atoms with Crippen LogP contribution in [0.4, 0.5) is 5.69 Å². The number of nitrogen functional groups attached to an aromatic ring is 1. The molecule has 2 N–H and O–H groups in total. The maximum atomic E-state index is 12.2. The molecule has 0 atom stereocenters. The van der Waals surface area contributed by atoms with Crippen LogP contribution in [0.3, 0.4) is 0 Å². The van der Waals surface area contributed by atoms with Crippen LogP contribution >= 0.6 is 0 Å². The van der Waals surface area contributed by atoms with Crippen LogP contribution in [-0.2, 0) is 11.8 Å². The Morgan fingerprint density at radius 3 is 2.56 bits per heavy atom. The summed E-state index contributed by atoms with van der Waals surface area (Å²) in [5, 5.41) is 0. The van der Waals surface area contributed by atoms with Crippen molar-refractivity contribution in [2.24, 2.45) is 7.05 Å². The first-order valence-electron chi connectivity index (χ1n) is 5.40. The highest BCUT2D eigenvalue weighted by atomic mass is 16.5. The highest BCUT2D eigenvalue weighted by molar-refractivity contribution is 5.98. The molecule has 0 radical (unpaired) electrons. The van der Waals surface area contributed by atoms with Gasteiger partial charge in [0.15, 0.2) is 0 Å². The molecule has 1 aliphatic heterocycles. The number of aromatic nitrogens is 1. The normalized spacial score (nSPS) is 16.5. The molecule has 5 nitrogen and oxygen atoms in total. The average molecular weight is 223 g/mol.